The van der Waals surface area contributed by atoms with Crippen LogP contribution in [0.5, 0.6) is 0 Å². The third kappa shape index (κ3) is 10.5. The molecule has 0 heterocycles. The molecule has 0 radical (unpaired) electrons. The van der Waals surface area contributed by atoms with Crippen LogP contribution >= 0.6 is 0 Å². The monoisotopic (exact) mass is 346 g/mol. The molecule has 0 fully saturated rings. The van der Waals surface area contributed by atoms with Gasteiger partial charge in [-0.05, 0) is 45.2 Å². The third-order valence-electron chi connectivity index (χ3n) is 3.87. The van der Waals surface area contributed by atoms with Gasteiger partial charge in [-0.1, -0.05) is 26.2 Å². The molecule has 2 atom stereocenters. The summed E-state index contributed by atoms with van der Waals surface area (Å²) in [6.07, 6.45) is 5.04. The summed E-state index contributed by atoms with van der Waals surface area (Å²) < 4.78 is 0. The van der Waals surface area contributed by atoms with Crippen LogP contribution in [-0.4, -0.2) is 53.5 Å². The van der Waals surface area contributed by atoms with Gasteiger partial charge in [0, 0.05) is 0 Å². The number of hydrogen-bond donors (Lipinski definition) is 6. The van der Waals surface area contributed by atoms with Crippen molar-refractivity contribution >= 4 is 11.9 Å². The third-order valence-corrected chi connectivity index (χ3v) is 3.87. The molecule has 0 rings (SSSR count). The number of carboxylic acids is 2. The lowest BCUT2D eigenvalue weighted by molar-refractivity contribution is -0.140. The number of nitrogens with two attached hydrogens (primary N) is 2. The molecular formula is C16H34N4O4. The maximum absolute atomic E-state index is 11.4. The Morgan fingerprint density at radius 1 is 0.833 bits per heavy atom. The quantitative estimate of drug-likeness (QED) is 0.174. The molecule has 142 valence electrons. The summed E-state index contributed by atoms with van der Waals surface area (Å²) in [5.74, 6) is -1.85. The minimum absolute atomic E-state index is 0.354. The van der Waals surface area contributed by atoms with E-state index in [-0.39, 0.29) is 6.17 Å². The van der Waals surface area contributed by atoms with Crippen LogP contribution in [0.2, 0.25) is 0 Å². The van der Waals surface area contributed by atoms with Crippen molar-refractivity contribution in [1.29, 1.82) is 0 Å². The van der Waals surface area contributed by atoms with E-state index in [1.807, 2.05) is 6.92 Å². The second-order valence-electron chi connectivity index (χ2n) is 6.03. The van der Waals surface area contributed by atoms with Crippen molar-refractivity contribution < 1.29 is 19.8 Å². The first kappa shape index (κ1) is 22.8. The Kier molecular flexibility index (Phi) is 13.4. The maximum Gasteiger partial charge on any atom is 0.320 e. The fourth-order valence-corrected chi connectivity index (χ4v) is 2.53. The van der Waals surface area contributed by atoms with Crippen molar-refractivity contribution in [3.63, 3.8) is 0 Å². The molecule has 0 aromatic heterocycles. The van der Waals surface area contributed by atoms with Gasteiger partial charge in [0.1, 0.15) is 12.1 Å². The number of unbranched alkanes of at least 4 members (excludes halogenated alkanes) is 2. The normalized spacial score (nSPS) is 13.8. The minimum atomic E-state index is -0.926. The Hall–Kier alpha value is -1.22. The second kappa shape index (κ2) is 14.2. The highest BCUT2D eigenvalue weighted by Crippen LogP contribution is 2.07. The van der Waals surface area contributed by atoms with Gasteiger partial charge in [-0.15, -0.1) is 0 Å². The molecule has 0 bridgehead atoms. The average Bonchev–Trinajstić information content (AvgIpc) is 2.52. The fourth-order valence-electron chi connectivity index (χ4n) is 2.53. The highest BCUT2D eigenvalue weighted by molar-refractivity contribution is 5.74. The van der Waals surface area contributed by atoms with Gasteiger partial charge >= 0.3 is 11.9 Å². The Balaban J connectivity index is 4.70. The van der Waals surface area contributed by atoms with E-state index in [0.717, 1.165) is 32.1 Å². The first-order valence-corrected chi connectivity index (χ1v) is 8.84. The van der Waals surface area contributed by atoms with E-state index < -0.39 is 24.0 Å². The van der Waals surface area contributed by atoms with Crippen molar-refractivity contribution in [3.8, 4) is 0 Å². The van der Waals surface area contributed by atoms with Crippen LogP contribution in [0.25, 0.3) is 0 Å². The summed E-state index contributed by atoms with van der Waals surface area (Å²) in [4.78, 5) is 22.8. The zero-order valence-corrected chi connectivity index (χ0v) is 14.7. The summed E-state index contributed by atoms with van der Waals surface area (Å²) in [5, 5.41) is 24.8. The predicted octanol–water partition coefficient (Wildman–Crippen LogP) is 0.456. The molecule has 24 heavy (non-hydrogen) atoms. The molecule has 0 unspecified atom stereocenters. The van der Waals surface area contributed by atoms with Gasteiger partial charge in [0.15, 0.2) is 0 Å². The molecule has 0 aliphatic rings. The SMILES string of the molecule is CCCC(N[C@@H](CCCCN)C(=O)O)N[C@@H](CCCCN)C(=O)O. The fraction of sp³-hybridized carbons (Fsp3) is 0.875. The molecule has 0 amide bonds. The van der Waals surface area contributed by atoms with Crippen molar-refractivity contribution in [1.82, 2.24) is 10.6 Å². The van der Waals surface area contributed by atoms with Crippen LogP contribution in [0.4, 0.5) is 0 Å². The highest BCUT2D eigenvalue weighted by Gasteiger charge is 2.25. The number of carboxylic acid groups (broad SMARTS) is 2. The molecule has 8 nitrogen and oxygen atoms in total. The van der Waals surface area contributed by atoms with Crippen LogP contribution in [-0.2, 0) is 9.59 Å². The van der Waals surface area contributed by atoms with E-state index in [2.05, 4.69) is 10.6 Å². The lowest BCUT2D eigenvalue weighted by atomic mass is 10.1. The van der Waals surface area contributed by atoms with E-state index in [1.165, 1.54) is 0 Å². The van der Waals surface area contributed by atoms with Crippen LogP contribution in [0, 0.1) is 0 Å². The van der Waals surface area contributed by atoms with Gasteiger partial charge in [-0.3, -0.25) is 20.2 Å². The molecule has 0 saturated heterocycles. The number of rotatable bonds is 16. The van der Waals surface area contributed by atoms with Gasteiger partial charge in [0.2, 0.25) is 0 Å². The smallest absolute Gasteiger partial charge is 0.320 e. The summed E-state index contributed by atoms with van der Waals surface area (Å²) in [7, 11) is 0. The van der Waals surface area contributed by atoms with Crippen LogP contribution in [0.15, 0.2) is 0 Å². The number of nitrogens with one attached hydrogen (secondary N) is 2. The van der Waals surface area contributed by atoms with Gasteiger partial charge in [0.05, 0.1) is 6.17 Å². The summed E-state index contributed by atoms with van der Waals surface area (Å²) in [5.41, 5.74) is 10.9. The Bertz CT molecular complexity index is 325. The van der Waals surface area contributed by atoms with Crippen molar-refractivity contribution in [2.45, 2.75) is 76.5 Å². The zero-order valence-electron chi connectivity index (χ0n) is 14.7. The lowest BCUT2D eigenvalue weighted by Gasteiger charge is -2.27. The molecule has 0 spiro atoms. The van der Waals surface area contributed by atoms with Crippen molar-refractivity contribution in [3.05, 3.63) is 0 Å². The van der Waals surface area contributed by atoms with E-state index in [1.54, 1.807) is 0 Å². The number of hydrogen-bond acceptors (Lipinski definition) is 6. The molecule has 0 aromatic carbocycles. The average molecular weight is 346 g/mol. The molecular weight excluding hydrogens is 312 g/mol. The lowest BCUT2D eigenvalue weighted by Crippen LogP contribution is -2.55. The van der Waals surface area contributed by atoms with Crippen LogP contribution < -0.4 is 22.1 Å². The first-order chi connectivity index (χ1) is 11.5. The van der Waals surface area contributed by atoms with Crippen molar-refractivity contribution in [2.24, 2.45) is 11.5 Å². The van der Waals surface area contributed by atoms with E-state index in [9.17, 15) is 19.8 Å². The molecule has 0 saturated carbocycles. The van der Waals surface area contributed by atoms with Gasteiger partial charge in [0.25, 0.3) is 0 Å². The van der Waals surface area contributed by atoms with E-state index >= 15 is 0 Å². The van der Waals surface area contributed by atoms with Crippen molar-refractivity contribution in [2.75, 3.05) is 13.1 Å². The molecule has 8 N–H and O–H groups in total. The van der Waals surface area contributed by atoms with Crippen LogP contribution in [0.3, 0.4) is 0 Å². The van der Waals surface area contributed by atoms with E-state index in [0.29, 0.717) is 32.4 Å². The second-order valence-corrected chi connectivity index (χ2v) is 6.03. The zero-order chi connectivity index (χ0) is 18.4. The largest absolute Gasteiger partial charge is 0.480 e. The topological polar surface area (TPSA) is 151 Å². The Morgan fingerprint density at radius 2 is 1.25 bits per heavy atom. The first-order valence-electron chi connectivity index (χ1n) is 8.84. The molecule has 0 aliphatic heterocycles. The maximum atomic E-state index is 11.4. The Labute approximate surface area is 144 Å². The van der Waals surface area contributed by atoms with Gasteiger partial charge in [-0.25, -0.2) is 0 Å². The Morgan fingerprint density at radius 3 is 1.54 bits per heavy atom. The number of aliphatic carboxylic acids is 2. The van der Waals surface area contributed by atoms with Crippen LogP contribution in [0.1, 0.15) is 58.3 Å². The van der Waals surface area contributed by atoms with E-state index in [4.69, 9.17) is 11.5 Å². The summed E-state index contributed by atoms with van der Waals surface area (Å²) in [6.45, 7) is 3.04. The van der Waals surface area contributed by atoms with Gasteiger partial charge in [-0.2, -0.15) is 0 Å². The molecule has 0 aromatic rings. The highest BCUT2D eigenvalue weighted by atomic mass is 16.4. The van der Waals surface area contributed by atoms with Gasteiger partial charge < -0.3 is 21.7 Å². The summed E-state index contributed by atoms with van der Waals surface area (Å²) in [6, 6.07) is -1.42. The molecule has 0 aliphatic carbocycles. The predicted molar refractivity (Wildman–Crippen MR) is 93.6 cm³/mol. The summed E-state index contributed by atoms with van der Waals surface area (Å²) >= 11 is 0. The molecule has 8 heteroatoms. The standard InChI is InChI=1S/C16H34N4O4/c1-2-7-14(19-12(15(21)22)8-3-5-10-17)20-13(16(23)24)9-4-6-11-18/h12-14,19-20H,2-11,17-18H2,1H3,(H,21,22)(H,23,24)/t12-,13-/m0/s1. The number of carbonyl (C=O) groups is 2. The minimum Gasteiger partial charge on any atom is -0.480 e.